The molecule has 1 aromatic rings. The summed E-state index contributed by atoms with van der Waals surface area (Å²) in [6, 6.07) is -0.851. The van der Waals surface area contributed by atoms with Gasteiger partial charge in [0, 0.05) is 21.6 Å². The molecule has 0 saturated heterocycles. The Morgan fingerprint density at radius 1 is 1.80 bits per heavy atom. The first kappa shape index (κ1) is 12.5. The summed E-state index contributed by atoms with van der Waals surface area (Å²) in [4.78, 5) is 15.8. The molecule has 6 heteroatoms. The predicted octanol–water partition coefficient (Wildman–Crippen LogP) is 1.57. The predicted molar refractivity (Wildman–Crippen MR) is 63.1 cm³/mol. The second-order valence-electron chi connectivity index (χ2n) is 3.68. The van der Waals surface area contributed by atoms with Gasteiger partial charge in [0.25, 0.3) is 0 Å². The van der Waals surface area contributed by atoms with E-state index in [4.69, 9.17) is 10.8 Å². The highest BCUT2D eigenvalue weighted by molar-refractivity contribution is 8.00. The van der Waals surface area contributed by atoms with Crippen LogP contribution >= 0.6 is 23.1 Å². The Morgan fingerprint density at radius 2 is 2.47 bits per heavy atom. The minimum atomic E-state index is -0.961. The van der Waals surface area contributed by atoms with Crippen LogP contribution in [0.2, 0.25) is 0 Å². The van der Waals surface area contributed by atoms with Crippen LogP contribution in [0, 0.1) is 0 Å². The molecule has 0 aliphatic carbocycles. The maximum atomic E-state index is 10.8. The number of carboxylic acids is 1. The van der Waals surface area contributed by atoms with Crippen molar-refractivity contribution in [3.63, 3.8) is 0 Å². The number of nitrogens with two attached hydrogens (primary N) is 1. The lowest BCUT2D eigenvalue weighted by Crippen LogP contribution is -2.46. The number of aliphatic carboxylic acids is 1. The molecule has 0 radical (unpaired) electrons. The molecule has 0 saturated carbocycles. The van der Waals surface area contributed by atoms with E-state index in [0.29, 0.717) is 0 Å². The summed E-state index contributed by atoms with van der Waals surface area (Å²) in [5, 5.41) is 8.83. The van der Waals surface area contributed by atoms with Gasteiger partial charge in [-0.15, -0.1) is 23.1 Å². The molecule has 1 heterocycles. The largest absolute Gasteiger partial charge is 0.480 e. The second-order valence-corrected chi connectivity index (χ2v) is 6.28. The van der Waals surface area contributed by atoms with Crippen molar-refractivity contribution in [2.45, 2.75) is 30.4 Å². The molecule has 3 N–H and O–H groups in total. The van der Waals surface area contributed by atoms with E-state index >= 15 is 0 Å². The van der Waals surface area contributed by atoms with E-state index < -0.39 is 16.8 Å². The minimum Gasteiger partial charge on any atom is -0.480 e. The van der Waals surface area contributed by atoms with Crippen molar-refractivity contribution in [2.24, 2.45) is 5.73 Å². The standard InChI is InChI=1S/C9H14N2O2S2/c1-9(2,7(10)8(12)13)15-4-6-3-11-5-14-6/h3,5,7H,4,10H2,1-2H3,(H,12,13)/t7-/m0/s1. The number of hydrogen-bond acceptors (Lipinski definition) is 5. The smallest absolute Gasteiger partial charge is 0.321 e. The summed E-state index contributed by atoms with van der Waals surface area (Å²) in [6.45, 7) is 3.69. The van der Waals surface area contributed by atoms with Gasteiger partial charge in [0.15, 0.2) is 0 Å². The number of thiazole rings is 1. The third-order valence-corrected chi connectivity index (χ3v) is 4.50. The van der Waals surface area contributed by atoms with Gasteiger partial charge in [-0.25, -0.2) is 0 Å². The highest BCUT2D eigenvalue weighted by atomic mass is 32.2. The number of aromatic nitrogens is 1. The van der Waals surface area contributed by atoms with Crippen molar-refractivity contribution in [3.8, 4) is 0 Å². The van der Waals surface area contributed by atoms with Crippen molar-refractivity contribution in [3.05, 3.63) is 16.6 Å². The highest BCUT2D eigenvalue weighted by Gasteiger charge is 2.32. The van der Waals surface area contributed by atoms with Crippen LogP contribution in [0.1, 0.15) is 18.7 Å². The highest BCUT2D eigenvalue weighted by Crippen LogP contribution is 2.31. The Morgan fingerprint density at radius 3 is 2.93 bits per heavy atom. The van der Waals surface area contributed by atoms with Gasteiger partial charge in [-0.1, -0.05) is 0 Å². The summed E-state index contributed by atoms with van der Waals surface area (Å²) >= 11 is 3.10. The Labute approximate surface area is 96.9 Å². The molecule has 1 rings (SSSR count). The molecule has 0 spiro atoms. The van der Waals surface area contributed by atoms with E-state index in [0.717, 1.165) is 10.6 Å². The van der Waals surface area contributed by atoms with E-state index in [1.54, 1.807) is 23.0 Å². The molecule has 0 aliphatic heterocycles. The van der Waals surface area contributed by atoms with Crippen LogP contribution in [0.3, 0.4) is 0 Å². The molecule has 84 valence electrons. The Kier molecular flexibility index (Phi) is 4.12. The van der Waals surface area contributed by atoms with Gasteiger partial charge in [0.2, 0.25) is 0 Å². The van der Waals surface area contributed by atoms with Crippen LogP contribution in [0.25, 0.3) is 0 Å². The van der Waals surface area contributed by atoms with Crippen molar-refractivity contribution in [2.75, 3.05) is 0 Å². The number of carboxylic acid groups (broad SMARTS) is 1. The second kappa shape index (κ2) is 4.96. The molecule has 0 bridgehead atoms. The van der Waals surface area contributed by atoms with Gasteiger partial charge in [-0.3, -0.25) is 9.78 Å². The van der Waals surface area contributed by atoms with Gasteiger partial charge in [-0.2, -0.15) is 0 Å². The molecule has 0 aromatic carbocycles. The fourth-order valence-corrected chi connectivity index (χ4v) is 2.65. The zero-order valence-electron chi connectivity index (χ0n) is 8.64. The number of thioether (sulfide) groups is 1. The van der Waals surface area contributed by atoms with Crippen LogP contribution in [-0.4, -0.2) is 26.8 Å². The first-order valence-corrected chi connectivity index (χ1v) is 6.29. The zero-order valence-corrected chi connectivity index (χ0v) is 10.3. The van der Waals surface area contributed by atoms with Gasteiger partial charge >= 0.3 is 5.97 Å². The first-order chi connectivity index (χ1) is 6.93. The first-order valence-electron chi connectivity index (χ1n) is 4.43. The average Bonchev–Trinajstić information content (AvgIpc) is 2.66. The van der Waals surface area contributed by atoms with Gasteiger partial charge in [-0.05, 0) is 13.8 Å². The molecule has 15 heavy (non-hydrogen) atoms. The number of carbonyl (C=O) groups is 1. The average molecular weight is 246 g/mol. The Balaban J connectivity index is 2.53. The molecule has 0 unspecified atom stereocenters. The summed E-state index contributed by atoms with van der Waals surface area (Å²) in [6.07, 6.45) is 1.79. The Bertz CT molecular complexity index is 325. The fourth-order valence-electron chi connectivity index (χ4n) is 0.958. The number of nitrogens with zero attached hydrogens (tertiary/aromatic N) is 1. The molecule has 0 amide bonds. The molecule has 0 fully saturated rings. The topological polar surface area (TPSA) is 76.2 Å². The molecule has 1 aromatic heterocycles. The van der Waals surface area contributed by atoms with Gasteiger partial charge in [0.1, 0.15) is 6.04 Å². The third-order valence-electron chi connectivity index (χ3n) is 2.08. The Hall–Kier alpha value is -0.590. The molecular weight excluding hydrogens is 232 g/mol. The lowest BCUT2D eigenvalue weighted by molar-refractivity contribution is -0.139. The summed E-state index contributed by atoms with van der Waals surface area (Å²) < 4.78 is -0.476. The van der Waals surface area contributed by atoms with E-state index in [9.17, 15) is 4.79 Å². The lowest BCUT2D eigenvalue weighted by atomic mass is 10.1. The van der Waals surface area contributed by atoms with E-state index in [1.807, 2.05) is 13.8 Å². The van der Waals surface area contributed by atoms with Crippen LogP contribution in [-0.2, 0) is 10.5 Å². The maximum absolute atomic E-state index is 10.8. The van der Waals surface area contributed by atoms with Crippen LogP contribution in [0.15, 0.2) is 11.7 Å². The van der Waals surface area contributed by atoms with E-state index in [2.05, 4.69) is 4.98 Å². The number of hydrogen-bond donors (Lipinski definition) is 2. The van der Waals surface area contributed by atoms with Crippen LogP contribution in [0.4, 0.5) is 0 Å². The fraction of sp³-hybridized carbons (Fsp3) is 0.556. The minimum absolute atomic E-state index is 0.476. The summed E-state index contributed by atoms with van der Waals surface area (Å²) in [7, 11) is 0. The van der Waals surface area contributed by atoms with Gasteiger partial charge in [0.05, 0.1) is 5.51 Å². The third kappa shape index (κ3) is 3.48. The van der Waals surface area contributed by atoms with E-state index in [1.165, 1.54) is 11.8 Å². The SMILES string of the molecule is CC(C)(SCc1cncs1)[C@@H](N)C(=O)O. The van der Waals surface area contributed by atoms with Crippen LogP contribution < -0.4 is 5.73 Å². The molecular formula is C9H14N2O2S2. The maximum Gasteiger partial charge on any atom is 0.321 e. The van der Waals surface area contributed by atoms with Crippen molar-refractivity contribution < 1.29 is 9.90 Å². The van der Waals surface area contributed by atoms with Crippen molar-refractivity contribution in [1.82, 2.24) is 4.98 Å². The normalized spacial score (nSPS) is 13.8. The lowest BCUT2D eigenvalue weighted by Gasteiger charge is -2.27. The van der Waals surface area contributed by atoms with Crippen LogP contribution in [0.5, 0.6) is 0 Å². The van der Waals surface area contributed by atoms with Crippen molar-refractivity contribution >= 4 is 29.1 Å². The molecule has 4 nitrogen and oxygen atoms in total. The summed E-state index contributed by atoms with van der Waals surface area (Å²) in [5.74, 6) is -0.213. The monoisotopic (exact) mass is 246 g/mol. The van der Waals surface area contributed by atoms with Crippen molar-refractivity contribution in [1.29, 1.82) is 0 Å². The zero-order chi connectivity index (χ0) is 11.5. The molecule has 1 atom stereocenters. The quantitative estimate of drug-likeness (QED) is 0.824. The van der Waals surface area contributed by atoms with E-state index in [-0.39, 0.29) is 0 Å². The molecule has 0 aliphatic rings. The number of rotatable bonds is 5. The summed E-state index contributed by atoms with van der Waals surface area (Å²) in [5.41, 5.74) is 7.37. The van der Waals surface area contributed by atoms with Gasteiger partial charge < -0.3 is 10.8 Å².